The van der Waals surface area contributed by atoms with Gasteiger partial charge in [-0.3, -0.25) is 0 Å². The number of anilines is 1. The minimum Gasteiger partial charge on any atom is -0.370 e. The largest absolute Gasteiger partial charge is 0.370 e. The Hall–Kier alpha value is -1.39. The number of rotatable bonds is 6. The van der Waals surface area contributed by atoms with Crippen molar-refractivity contribution in [1.82, 2.24) is 5.32 Å². The molecule has 0 fully saturated rings. The van der Waals surface area contributed by atoms with Gasteiger partial charge in [-0.1, -0.05) is 41.1 Å². The number of halogens is 2. The zero-order valence-electron chi connectivity index (χ0n) is 12.4. The van der Waals surface area contributed by atoms with Crippen LogP contribution in [0, 0.1) is 5.82 Å². The maximum absolute atomic E-state index is 13.5. The van der Waals surface area contributed by atoms with Crippen LogP contribution in [-0.2, 0) is 13.1 Å². The van der Waals surface area contributed by atoms with Crippen LogP contribution in [0.5, 0.6) is 0 Å². The number of hydrogen-bond acceptors (Lipinski definition) is 2. The number of nitrogens with zero attached hydrogens (tertiary/aromatic N) is 1. The highest BCUT2D eigenvalue weighted by Gasteiger charge is 2.10. The summed E-state index contributed by atoms with van der Waals surface area (Å²) < 4.78 is 14.6. The summed E-state index contributed by atoms with van der Waals surface area (Å²) in [5, 5.41) is 3.26. The molecule has 2 aromatic rings. The van der Waals surface area contributed by atoms with Crippen molar-refractivity contribution in [3.8, 4) is 0 Å². The first-order chi connectivity index (χ1) is 10.1. The lowest BCUT2D eigenvalue weighted by Crippen LogP contribution is -2.21. The molecule has 21 heavy (non-hydrogen) atoms. The third-order valence-corrected chi connectivity index (χ3v) is 4.16. The van der Waals surface area contributed by atoms with Crippen LogP contribution in [0.15, 0.2) is 46.9 Å². The van der Waals surface area contributed by atoms with Crippen molar-refractivity contribution in [1.29, 1.82) is 0 Å². The predicted octanol–water partition coefficient (Wildman–Crippen LogP) is 4.33. The van der Waals surface area contributed by atoms with E-state index in [0.29, 0.717) is 6.54 Å². The fourth-order valence-electron chi connectivity index (χ4n) is 2.30. The van der Waals surface area contributed by atoms with Crippen molar-refractivity contribution in [2.75, 3.05) is 18.5 Å². The molecule has 0 aliphatic heterocycles. The molecule has 0 bridgehead atoms. The molecule has 0 heterocycles. The molecule has 0 amide bonds. The van der Waals surface area contributed by atoms with Crippen LogP contribution in [0.4, 0.5) is 10.1 Å². The lowest BCUT2D eigenvalue weighted by Gasteiger charge is -2.23. The Kier molecular flexibility index (Phi) is 5.76. The standard InChI is InChI=1S/C17H20BrFN2/c1-3-20-11-14-10-15(19)8-9-17(14)21(2)12-13-6-4-5-7-16(13)18/h4-10,20H,3,11-12H2,1-2H3. The third-order valence-electron chi connectivity index (χ3n) is 3.38. The second-order valence-electron chi connectivity index (χ2n) is 5.00. The van der Waals surface area contributed by atoms with Crippen LogP contribution < -0.4 is 10.2 Å². The molecule has 0 radical (unpaired) electrons. The maximum Gasteiger partial charge on any atom is 0.123 e. The van der Waals surface area contributed by atoms with Gasteiger partial charge in [0.15, 0.2) is 0 Å². The fourth-order valence-corrected chi connectivity index (χ4v) is 2.71. The van der Waals surface area contributed by atoms with Gasteiger partial charge in [0.05, 0.1) is 0 Å². The highest BCUT2D eigenvalue weighted by Crippen LogP contribution is 2.24. The monoisotopic (exact) mass is 350 g/mol. The van der Waals surface area contributed by atoms with Crippen molar-refractivity contribution in [3.05, 3.63) is 63.9 Å². The first-order valence-corrected chi connectivity index (χ1v) is 7.84. The van der Waals surface area contributed by atoms with E-state index in [2.05, 4.69) is 32.2 Å². The Morgan fingerprint density at radius 2 is 1.90 bits per heavy atom. The van der Waals surface area contributed by atoms with E-state index in [0.717, 1.165) is 28.8 Å². The van der Waals surface area contributed by atoms with E-state index in [4.69, 9.17) is 0 Å². The molecule has 4 heteroatoms. The fraction of sp³-hybridized carbons (Fsp3) is 0.294. The molecule has 2 aromatic carbocycles. The first-order valence-electron chi connectivity index (χ1n) is 7.05. The SMILES string of the molecule is CCNCc1cc(F)ccc1N(C)Cc1ccccc1Br. The summed E-state index contributed by atoms with van der Waals surface area (Å²) in [5.41, 5.74) is 3.23. The van der Waals surface area contributed by atoms with Crippen molar-refractivity contribution < 1.29 is 4.39 Å². The average molecular weight is 351 g/mol. The Labute approximate surface area is 134 Å². The van der Waals surface area contributed by atoms with Gasteiger partial charge in [-0.15, -0.1) is 0 Å². The van der Waals surface area contributed by atoms with Gasteiger partial charge in [0, 0.05) is 30.3 Å². The van der Waals surface area contributed by atoms with Gasteiger partial charge in [0.25, 0.3) is 0 Å². The first kappa shape index (κ1) is 16.0. The summed E-state index contributed by atoms with van der Waals surface area (Å²) in [6, 6.07) is 13.1. The van der Waals surface area contributed by atoms with Gasteiger partial charge in [-0.2, -0.15) is 0 Å². The second-order valence-corrected chi connectivity index (χ2v) is 5.86. The van der Waals surface area contributed by atoms with E-state index in [1.165, 1.54) is 11.6 Å². The number of hydrogen-bond donors (Lipinski definition) is 1. The van der Waals surface area contributed by atoms with Gasteiger partial charge >= 0.3 is 0 Å². The Balaban J connectivity index is 2.22. The zero-order chi connectivity index (χ0) is 15.2. The topological polar surface area (TPSA) is 15.3 Å². The highest BCUT2D eigenvalue weighted by atomic mass is 79.9. The lowest BCUT2D eigenvalue weighted by molar-refractivity contribution is 0.621. The highest BCUT2D eigenvalue weighted by molar-refractivity contribution is 9.10. The van der Waals surface area contributed by atoms with E-state index < -0.39 is 0 Å². The molecule has 2 nitrogen and oxygen atoms in total. The van der Waals surface area contributed by atoms with E-state index in [9.17, 15) is 4.39 Å². The Morgan fingerprint density at radius 1 is 1.14 bits per heavy atom. The smallest absolute Gasteiger partial charge is 0.123 e. The van der Waals surface area contributed by atoms with Crippen molar-refractivity contribution in [2.24, 2.45) is 0 Å². The molecular formula is C17H20BrFN2. The zero-order valence-corrected chi connectivity index (χ0v) is 14.0. The lowest BCUT2D eigenvalue weighted by atomic mass is 10.1. The summed E-state index contributed by atoms with van der Waals surface area (Å²) in [6.07, 6.45) is 0. The van der Waals surface area contributed by atoms with Crippen molar-refractivity contribution >= 4 is 21.6 Å². The Bertz CT molecular complexity index is 601. The van der Waals surface area contributed by atoms with Gasteiger partial charge < -0.3 is 10.2 Å². The number of benzene rings is 2. The molecule has 0 atom stereocenters. The normalized spacial score (nSPS) is 10.7. The molecule has 0 aliphatic carbocycles. The summed E-state index contributed by atoms with van der Waals surface area (Å²) in [6.45, 7) is 4.35. The average Bonchev–Trinajstić information content (AvgIpc) is 2.47. The summed E-state index contributed by atoms with van der Waals surface area (Å²) >= 11 is 3.57. The maximum atomic E-state index is 13.5. The quantitative estimate of drug-likeness (QED) is 0.833. The van der Waals surface area contributed by atoms with E-state index in [1.807, 2.05) is 38.2 Å². The molecule has 0 aromatic heterocycles. The molecule has 0 spiro atoms. The summed E-state index contributed by atoms with van der Waals surface area (Å²) in [5.74, 6) is -0.194. The van der Waals surface area contributed by atoms with Crippen LogP contribution in [0.1, 0.15) is 18.1 Å². The van der Waals surface area contributed by atoms with E-state index in [-0.39, 0.29) is 5.82 Å². The summed E-state index contributed by atoms with van der Waals surface area (Å²) in [7, 11) is 2.03. The molecule has 0 aliphatic rings. The molecule has 0 unspecified atom stereocenters. The van der Waals surface area contributed by atoms with E-state index >= 15 is 0 Å². The van der Waals surface area contributed by atoms with Crippen LogP contribution in [0.25, 0.3) is 0 Å². The van der Waals surface area contributed by atoms with Gasteiger partial charge in [-0.05, 0) is 41.9 Å². The molecule has 112 valence electrons. The molecule has 0 saturated heterocycles. The summed E-state index contributed by atoms with van der Waals surface area (Å²) in [4.78, 5) is 2.15. The molecule has 2 rings (SSSR count). The molecule has 0 saturated carbocycles. The van der Waals surface area contributed by atoms with Crippen molar-refractivity contribution in [3.63, 3.8) is 0 Å². The Morgan fingerprint density at radius 3 is 2.62 bits per heavy atom. The second kappa shape index (κ2) is 7.57. The molecule has 1 N–H and O–H groups in total. The van der Waals surface area contributed by atoms with Gasteiger partial charge in [-0.25, -0.2) is 4.39 Å². The van der Waals surface area contributed by atoms with Crippen LogP contribution in [0.3, 0.4) is 0 Å². The number of nitrogens with one attached hydrogen (secondary N) is 1. The van der Waals surface area contributed by atoms with Crippen LogP contribution in [-0.4, -0.2) is 13.6 Å². The van der Waals surface area contributed by atoms with E-state index in [1.54, 1.807) is 6.07 Å². The van der Waals surface area contributed by atoms with Crippen molar-refractivity contribution in [2.45, 2.75) is 20.0 Å². The predicted molar refractivity (Wildman–Crippen MR) is 90.0 cm³/mol. The minimum absolute atomic E-state index is 0.194. The third kappa shape index (κ3) is 4.29. The minimum atomic E-state index is -0.194. The van der Waals surface area contributed by atoms with Gasteiger partial charge in [0.1, 0.15) is 5.82 Å². The molecular weight excluding hydrogens is 331 g/mol. The van der Waals surface area contributed by atoms with Crippen LogP contribution in [0.2, 0.25) is 0 Å². The van der Waals surface area contributed by atoms with Crippen LogP contribution >= 0.6 is 15.9 Å². The van der Waals surface area contributed by atoms with Gasteiger partial charge in [0.2, 0.25) is 0 Å².